The molecule has 6 nitrogen and oxygen atoms in total. The zero-order valence-electron chi connectivity index (χ0n) is 9.35. The molecule has 1 aromatic carbocycles. The van der Waals surface area contributed by atoms with Crippen LogP contribution in [0.15, 0.2) is 29.2 Å². The van der Waals surface area contributed by atoms with E-state index in [2.05, 4.69) is 4.52 Å². The molecule has 0 amide bonds. The molecular weight excluding hydrogens is 303 g/mol. The van der Waals surface area contributed by atoms with E-state index in [0.717, 1.165) is 5.56 Å². The molecule has 0 bridgehead atoms. The number of benzene rings is 1. The highest BCUT2D eigenvalue weighted by molar-refractivity contribution is 7.93. The molecule has 9 heteroatoms. The lowest BCUT2D eigenvalue weighted by Crippen LogP contribution is -2.20. The number of phosphoric acid groups is 1. The average Bonchev–Trinajstić information content (AvgIpc) is 2.25. The fourth-order valence-electron chi connectivity index (χ4n) is 1.12. The molecule has 0 aliphatic carbocycles. The van der Waals surface area contributed by atoms with E-state index >= 15 is 0 Å². The van der Waals surface area contributed by atoms with Crippen molar-refractivity contribution in [2.75, 3.05) is 6.61 Å². The first kappa shape index (κ1) is 15.6. The molecule has 102 valence electrons. The first-order valence-corrected chi connectivity index (χ1v) is 8.29. The highest BCUT2D eigenvalue weighted by Crippen LogP contribution is 2.37. The van der Waals surface area contributed by atoms with Crippen molar-refractivity contribution in [3.63, 3.8) is 0 Å². The van der Waals surface area contributed by atoms with E-state index in [9.17, 15) is 13.0 Å². The lowest BCUT2D eigenvalue weighted by Gasteiger charge is -2.12. The van der Waals surface area contributed by atoms with Gasteiger partial charge in [0.1, 0.15) is 0 Å². The summed E-state index contributed by atoms with van der Waals surface area (Å²) in [5.41, 5.74) is 0.881. The molecule has 0 heterocycles. The van der Waals surface area contributed by atoms with Gasteiger partial charge in [-0.1, -0.05) is 17.7 Å². The number of aryl methyl sites for hydroxylation is 1. The van der Waals surface area contributed by atoms with Crippen molar-refractivity contribution in [2.45, 2.75) is 16.5 Å². The van der Waals surface area contributed by atoms with Crippen LogP contribution in [-0.2, 0) is 18.9 Å². The van der Waals surface area contributed by atoms with Crippen LogP contribution < -0.4 is 0 Å². The van der Waals surface area contributed by atoms with Gasteiger partial charge in [-0.2, -0.15) is 0 Å². The second kappa shape index (κ2) is 5.69. The van der Waals surface area contributed by atoms with Gasteiger partial charge in [0, 0.05) is 0 Å². The van der Waals surface area contributed by atoms with E-state index in [-0.39, 0.29) is 4.90 Å². The number of rotatable bonds is 5. The van der Waals surface area contributed by atoms with Crippen LogP contribution in [0.5, 0.6) is 0 Å². The number of phosphoric ester groups is 1. The largest absolute Gasteiger partial charge is 0.469 e. The summed E-state index contributed by atoms with van der Waals surface area (Å²) < 4.78 is 36.8. The first-order chi connectivity index (χ1) is 8.13. The van der Waals surface area contributed by atoms with Gasteiger partial charge in [-0.25, -0.2) is 13.0 Å². The zero-order chi connectivity index (χ0) is 14.0. The molecule has 0 aliphatic heterocycles. The molecule has 0 spiro atoms. The minimum atomic E-state index is -4.74. The molecule has 1 aromatic rings. The zero-order valence-corrected chi connectivity index (χ0v) is 11.8. The van der Waals surface area contributed by atoms with Crippen molar-refractivity contribution in [1.82, 2.24) is 0 Å². The van der Waals surface area contributed by atoms with E-state index in [1.165, 1.54) is 12.1 Å². The average molecular weight is 315 g/mol. The third-order valence-electron chi connectivity index (χ3n) is 2.06. The Labute approximate surface area is 110 Å². The summed E-state index contributed by atoms with van der Waals surface area (Å²) >= 11 is 5.60. The van der Waals surface area contributed by atoms with Crippen molar-refractivity contribution in [2.24, 2.45) is 0 Å². The quantitative estimate of drug-likeness (QED) is 0.630. The molecule has 0 saturated carbocycles. The van der Waals surface area contributed by atoms with Crippen LogP contribution in [0.4, 0.5) is 0 Å². The first-order valence-electron chi connectivity index (χ1n) is 4.77. The van der Waals surface area contributed by atoms with Crippen molar-refractivity contribution in [1.29, 1.82) is 0 Å². The lowest BCUT2D eigenvalue weighted by molar-refractivity contribution is 0.204. The highest BCUT2D eigenvalue weighted by atomic mass is 35.5. The maximum Gasteiger partial charge on any atom is 0.469 e. The molecule has 1 atom stereocenters. The summed E-state index contributed by atoms with van der Waals surface area (Å²) in [5, 5.41) is 0. The number of halogens is 1. The summed E-state index contributed by atoms with van der Waals surface area (Å²) in [5.74, 6) is 0. The minimum absolute atomic E-state index is 0.0255. The normalized spacial score (nSPS) is 14.4. The Kier molecular flexibility index (Phi) is 4.94. The fraction of sp³-hybridized carbons (Fsp3) is 0.333. The minimum Gasteiger partial charge on any atom is -0.303 e. The van der Waals surface area contributed by atoms with Crippen LogP contribution in [0, 0.1) is 6.92 Å². The van der Waals surface area contributed by atoms with E-state index < -0.39 is 29.0 Å². The summed E-state index contributed by atoms with van der Waals surface area (Å²) in [6, 6.07) is 5.94. The fourth-order valence-corrected chi connectivity index (χ4v) is 3.08. The van der Waals surface area contributed by atoms with Gasteiger partial charge in [-0.15, -0.1) is 11.6 Å². The Morgan fingerprint density at radius 1 is 1.33 bits per heavy atom. The van der Waals surface area contributed by atoms with Crippen LogP contribution in [0.25, 0.3) is 0 Å². The van der Waals surface area contributed by atoms with Crippen LogP contribution in [0.1, 0.15) is 5.56 Å². The number of alkyl halides is 1. The van der Waals surface area contributed by atoms with Crippen molar-refractivity contribution >= 4 is 29.3 Å². The Bertz CT molecular complexity index is 549. The van der Waals surface area contributed by atoms with Gasteiger partial charge < -0.3 is 9.79 Å². The van der Waals surface area contributed by atoms with Crippen LogP contribution in [0.3, 0.4) is 0 Å². The van der Waals surface area contributed by atoms with Crippen molar-refractivity contribution in [3.05, 3.63) is 29.8 Å². The predicted octanol–water partition coefficient (Wildman–Crippen LogP) is 1.44. The van der Waals surface area contributed by atoms with Gasteiger partial charge >= 0.3 is 7.82 Å². The second-order valence-corrected chi connectivity index (χ2v) is 7.71. The molecule has 18 heavy (non-hydrogen) atoms. The van der Waals surface area contributed by atoms with Gasteiger partial charge in [0.25, 0.3) is 0 Å². The Hall–Kier alpha value is -0.430. The number of sulfone groups is 1. The van der Waals surface area contributed by atoms with E-state index in [4.69, 9.17) is 21.4 Å². The van der Waals surface area contributed by atoms with Gasteiger partial charge in [0.2, 0.25) is 0 Å². The van der Waals surface area contributed by atoms with Crippen LogP contribution in [0.2, 0.25) is 0 Å². The number of hydrogen-bond donors (Lipinski definition) is 2. The SMILES string of the molecule is Cc1ccc(S(=O)(=O)C(Cl)COP(=O)(O)O)cc1. The summed E-state index contributed by atoms with van der Waals surface area (Å²) in [6.45, 7) is 1.01. The standard InChI is InChI=1S/C9H12ClO6PS/c1-7-2-4-8(5-3-7)18(14,15)9(10)6-16-17(11,12)13/h2-5,9H,6H2,1H3,(H2,11,12,13). The third kappa shape index (κ3) is 4.35. The summed E-state index contributed by atoms with van der Waals surface area (Å²) in [6.07, 6.45) is 0. The van der Waals surface area contributed by atoms with Crippen molar-refractivity contribution in [3.8, 4) is 0 Å². The highest BCUT2D eigenvalue weighted by Gasteiger charge is 2.28. The smallest absolute Gasteiger partial charge is 0.303 e. The molecule has 0 saturated heterocycles. The van der Waals surface area contributed by atoms with Crippen LogP contribution in [-0.4, -0.2) is 29.5 Å². The van der Waals surface area contributed by atoms with Crippen molar-refractivity contribution < 1.29 is 27.3 Å². The van der Waals surface area contributed by atoms with Gasteiger partial charge in [0.05, 0.1) is 11.5 Å². The Morgan fingerprint density at radius 2 is 1.83 bits per heavy atom. The van der Waals surface area contributed by atoms with Gasteiger partial charge in [0.15, 0.2) is 14.5 Å². The predicted molar refractivity (Wildman–Crippen MR) is 66.0 cm³/mol. The lowest BCUT2D eigenvalue weighted by atomic mass is 10.2. The van der Waals surface area contributed by atoms with E-state index in [1.807, 2.05) is 0 Å². The maximum absolute atomic E-state index is 11.9. The topological polar surface area (TPSA) is 101 Å². The van der Waals surface area contributed by atoms with Gasteiger partial charge in [-0.3, -0.25) is 4.52 Å². The van der Waals surface area contributed by atoms with Gasteiger partial charge in [-0.05, 0) is 19.1 Å². The molecule has 1 unspecified atom stereocenters. The summed E-state index contributed by atoms with van der Waals surface area (Å²) in [7, 11) is -8.62. The Morgan fingerprint density at radius 3 is 2.28 bits per heavy atom. The second-order valence-electron chi connectivity index (χ2n) is 3.55. The summed E-state index contributed by atoms with van der Waals surface area (Å²) in [4.78, 5) is 16.9. The molecule has 0 aromatic heterocycles. The Balaban J connectivity index is 2.86. The number of hydrogen-bond acceptors (Lipinski definition) is 4. The molecule has 1 rings (SSSR count). The monoisotopic (exact) mass is 314 g/mol. The molecule has 0 fully saturated rings. The molecule has 0 aliphatic rings. The van der Waals surface area contributed by atoms with E-state index in [1.54, 1.807) is 19.1 Å². The van der Waals surface area contributed by atoms with Crippen LogP contribution >= 0.6 is 19.4 Å². The van der Waals surface area contributed by atoms with E-state index in [0.29, 0.717) is 0 Å². The molecule has 0 radical (unpaired) electrons. The third-order valence-corrected chi connectivity index (χ3v) is 5.11. The molecule has 2 N–H and O–H groups in total. The maximum atomic E-state index is 11.9. The molecular formula is C9H12ClO6PS.